The Morgan fingerprint density at radius 2 is 1.89 bits per heavy atom. The van der Waals surface area contributed by atoms with Gasteiger partial charge >= 0.3 is 6.09 Å². The summed E-state index contributed by atoms with van der Waals surface area (Å²) < 4.78 is 11.0. The molecule has 152 valence electrons. The molecule has 0 aromatic heterocycles. The maximum absolute atomic E-state index is 11.7. The van der Waals surface area contributed by atoms with Gasteiger partial charge in [-0.15, -0.1) is 0 Å². The molecule has 6 heteroatoms. The first-order valence-corrected chi connectivity index (χ1v) is 9.76. The SMILES string of the molecule is CCOC(=O)N1CCN(C[C@@H](O)COc2ccc(C)cc2C(C)(C)C)CC1. The van der Waals surface area contributed by atoms with Gasteiger partial charge in [0.05, 0.1) is 6.61 Å². The van der Waals surface area contributed by atoms with Gasteiger partial charge in [-0.2, -0.15) is 0 Å². The van der Waals surface area contributed by atoms with Crippen LogP contribution in [0, 0.1) is 6.92 Å². The third-order valence-corrected chi connectivity index (χ3v) is 4.74. The molecule has 2 rings (SSSR count). The molecule has 1 aromatic rings. The van der Waals surface area contributed by atoms with Crippen LogP contribution in [0.1, 0.15) is 38.8 Å². The Bertz CT molecular complexity index is 619. The summed E-state index contributed by atoms with van der Waals surface area (Å²) in [5, 5.41) is 10.4. The van der Waals surface area contributed by atoms with Crippen LogP contribution in [-0.2, 0) is 10.2 Å². The minimum Gasteiger partial charge on any atom is -0.491 e. The largest absolute Gasteiger partial charge is 0.491 e. The van der Waals surface area contributed by atoms with Crippen molar-refractivity contribution < 1.29 is 19.4 Å². The molecular weight excluding hydrogens is 344 g/mol. The van der Waals surface area contributed by atoms with Crippen molar-refractivity contribution in [3.8, 4) is 5.75 Å². The van der Waals surface area contributed by atoms with E-state index in [1.807, 2.05) is 19.1 Å². The number of rotatable bonds is 6. The van der Waals surface area contributed by atoms with E-state index in [4.69, 9.17) is 9.47 Å². The van der Waals surface area contributed by atoms with Crippen molar-refractivity contribution in [1.82, 2.24) is 9.80 Å². The molecule has 1 aliphatic rings. The van der Waals surface area contributed by atoms with Crippen LogP contribution >= 0.6 is 0 Å². The number of hydrogen-bond acceptors (Lipinski definition) is 5. The Kier molecular flexibility index (Phi) is 7.50. The van der Waals surface area contributed by atoms with Gasteiger partial charge in [0.15, 0.2) is 0 Å². The molecule has 1 amide bonds. The molecule has 6 nitrogen and oxygen atoms in total. The molecule has 0 bridgehead atoms. The minimum absolute atomic E-state index is 0.0181. The van der Waals surface area contributed by atoms with E-state index in [1.165, 1.54) is 5.56 Å². The number of amides is 1. The quantitative estimate of drug-likeness (QED) is 0.825. The van der Waals surface area contributed by atoms with E-state index in [9.17, 15) is 9.90 Å². The third kappa shape index (κ3) is 6.40. The summed E-state index contributed by atoms with van der Waals surface area (Å²) in [5.41, 5.74) is 2.33. The molecule has 1 saturated heterocycles. The first kappa shape index (κ1) is 21.5. The van der Waals surface area contributed by atoms with Gasteiger partial charge in [-0.05, 0) is 30.9 Å². The van der Waals surface area contributed by atoms with Crippen LogP contribution < -0.4 is 4.74 Å². The summed E-state index contributed by atoms with van der Waals surface area (Å²) in [6, 6.07) is 6.17. The number of aliphatic hydroxyl groups is 1. The number of carbonyl (C=O) groups is 1. The van der Waals surface area contributed by atoms with E-state index in [0.717, 1.165) is 24.4 Å². The summed E-state index contributed by atoms with van der Waals surface area (Å²) >= 11 is 0. The van der Waals surface area contributed by atoms with E-state index in [-0.39, 0.29) is 18.1 Å². The lowest BCUT2D eigenvalue weighted by molar-refractivity contribution is 0.0404. The number of hydrogen-bond donors (Lipinski definition) is 1. The predicted octanol–water partition coefficient (Wildman–Crippen LogP) is 2.81. The molecule has 1 heterocycles. The molecule has 0 aliphatic carbocycles. The molecule has 0 unspecified atom stereocenters. The highest BCUT2D eigenvalue weighted by Gasteiger charge is 2.24. The van der Waals surface area contributed by atoms with Crippen LogP contribution in [0.2, 0.25) is 0 Å². The van der Waals surface area contributed by atoms with Crippen molar-refractivity contribution in [2.24, 2.45) is 0 Å². The monoisotopic (exact) mass is 378 g/mol. The van der Waals surface area contributed by atoms with Crippen LogP contribution in [-0.4, -0.2) is 73.0 Å². The van der Waals surface area contributed by atoms with Gasteiger partial charge in [0.1, 0.15) is 18.5 Å². The fourth-order valence-corrected chi connectivity index (χ4v) is 3.22. The van der Waals surface area contributed by atoms with Crippen LogP contribution in [0.3, 0.4) is 0 Å². The fourth-order valence-electron chi connectivity index (χ4n) is 3.22. The van der Waals surface area contributed by atoms with Gasteiger partial charge in [0.2, 0.25) is 0 Å². The lowest BCUT2D eigenvalue weighted by atomic mass is 9.85. The molecule has 1 atom stereocenters. The van der Waals surface area contributed by atoms with Crippen molar-refractivity contribution in [2.75, 3.05) is 45.9 Å². The van der Waals surface area contributed by atoms with E-state index in [1.54, 1.807) is 4.90 Å². The Morgan fingerprint density at radius 3 is 2.48 bits per heavy atom. The third-order valence-electron chi connectivity index (χ3n) is 4.74. The van der Waals surface area contributed by atoms with Crippen LogP contribution in [0.4, 0.5) is 4.79 Å². The summed E-state index contributed by atoms with van der Waals surface area (Å²) in [6.07, 6.45) is -0.830. The zero-order valence-electron chi connectivity index (χ0n) is 17.3. The van der Waals surface area contributed by atoms with Crippen LogP contribution in [0.5, 0.6) is 5.75 Å². The highest BCUT2D eigenvalue weighted by Crippen LogP contribution is 2.32. The molecule has 1 fully saturated rings. The molecule has 1 N–H and O–H groups in total. The number of benzene rings is 1. The molecule has 0 saturated carbocycles. The first-order chi connectivity index (χ1) is 12.7. The summed E-state index contributed by atoms with van der Waals surface area (Å²) in [4.78, 5) is 15.6. The Hall–Kier alpha value is -1.79. The van der Waals surface area contributed by atoms with E-state index in [2.05, 4.69) is 38.7 Å². The average molecular weight is 379 g/mol. The van der Waals surface area contributed by atoms with Gasteiger partial charge in [-0.25, -0.2) is 4.79 Å². The van der Waals surface area contributed by atoms with Crippen LogP contribution in [0.25, 0.3) is 0 Å². The minimum atomic E-state index is -0.576. The number of β-amino-alcohol motifs (C(OH)–C–C–N with tert-alkyl or cyclic N) is 1. The Morgan fingerprint density at radius 1 is 1.22 bits per heavy atom. The maximum atomic E-state index is 11.7. The van der Waals surface area contributed by atoms with E-state index >= 15 is 0 Å². The van der Waals surface area contributed by atoms with E-state index in [0.29, 0.717) is 26.2 Å². The van der Waals surface area contributed by atoms with Crippen molar-refractivity contribution in [3.63, 3.8) is 0 Å². The zero-order valence-corrected chi connectivity index (χ0v) is 17.3. The molecule has 1 aliphatic heterocycles. The Balaban J connectivity index is 1.82. The van der Waals surface area contributed by atoms with Gasteiger partial charge < -0.3 is 19.5 Å². The molecule has 27 heavy (non-hydrogen) atoms. The second-order valence-corrected chi connectivity index (χ2v) is 8.20. The summed E-state index contributed by atoms with van der Waals surface area (Å²) in [7, 11) is 0. The van der Waals surface area contributed by atoms with Crippen molar-refractivity contribution in [1.29, 1.82) is 0 Å². The average Bonchev–Trinajstić information content (AvgIpc) is 2.60. The smallest absolute Gasteiger partial charge is 0.409 e. The van der Waals surface area contributed by atoms with Crippen molar-refractivity contribution >= 4 is 6.09 Å². The lowest BCUT2D eigenvalue weighted by Crippen LogP contribution is -2.51. The van der Waals surface area contributed by atoms with Gasteiger partial charge in [-0.1, -0.05) is 38.5 Å². The number of nitrogens with zero attached hydrogens (tertiary/aromatic N) is 2. The number of carbonyl (C=O) groups excluding carboxylic acids is 1. The van der Waals surface area contributed by atoms with E-state index < -0.39 is 6.10 Å². The summed E-state index contributed by atoms with van der Waals surface area (Å²) in [6.45, 7) is 14.3. The number of ether oxygens (including phenoxy) is 2. The number of aliphatic hydroxyl groups excluding tert-OH is 1. The molecule has 1 aromatic carbocycles. The first-order valence-electron chi connectivity index (χ1n) is 9.76. The maximum Gasteiger partial charge on any atom is 0.409 e. The second kappa shape index (κ2) is 9.42. The lowest BCUT2D eigenvalue weighted by Gasteiger charge is -2.35. The molecule has 0 radical (unpaired) electrons. The molecule has 0 spiro atoms. The highest BCUT2D eigenvalue weighted by molar-refractivity contribution is 5.67. The summed E-state index contributed by atoms with van der Waals surface area (Å²) in [5.74, 6) is 0.833. The standard InChI is InChI=1S/C21H34N2O4/c1-6-26-20(25)23-11-9-22(10-12-23)14-17(24)15-27-19-8-7-16(2)13-18(19)21(3,4)5/h7-8,13,17,24H,6,9-12,14-15H2,1-5H3/t17-/m1/s1. The zero-order chi connectivity index (χ0) is 20.0. The number of piperazine rings is 1. The second-order valence-electron chi connectivity index (χ2n) is 8.20. The van der Waals surface area contributed by atoms with Crippen molar-refractivity contribution in [3.05, 3.63) is 29.3 Å². The molecular formula is C21H34N2O4. The highest BCUT2D eigenvalue weighted by atomic mass is 16.6. The normalized spacial score (nSPS) is 16.9. The number of aryl methyl sites for hydroxylation is 1. The van der Waals surface area contributed by atoms with Gasteiger partial charge in [0, 0.05) is 32.7 Å². The van der Waals surface area contributed by atoms with Gasteiger partial charge in [-0.3, -0.25) is 4.90 Å². The van der Waals surface area contributed by atoms with Gasteiger partial charge in [0.25, 0.3) is 0 Å². The van der Waals surface area contributed by atoms with Crippen molar-refractivity contribution in [2.45, 2.75) is 46.1 Å². The fraction of sp³-hybridized carbons (Fsp3) is 0.667. The topological polar surface area (TPSA) is 62.2 Å². The van der Waals surface area contributed by atoms with Crippen LogP contribution in [0.15, 0.2) is 18.2 Å². The Labute approximate surface area is 163 Å². The predicted molar refractivity (Wildman–Crippen MR) is 106 cm³/mol.